The predicted octanol–water partition coefficient (Wildman–Crippen LogP) is 5.79. The molecule has 2 heterocycles. The fourth-order valence-electron chi connectivity index (χ4n) is 4.30. The lowest BCUT2D eigenvalue weighted by Gasteiger charge is -2.21. The molecule has 0 bridgehead atoms. The smallest absolute Gasteiger partial charge is 0.254 e. The summed E-state index contributed by atoms with van der Waals surface area (Å²) < 4.78 is 5.97. The maximum Gasteiger partial charge on any atom is 0.254 e. The molecule has 1 amide bonds. The third kappa shape index (κ3) is 3.84. The van der Waals surface area contributed by atoms with Crippen LogP contribution in [-0.2, 0) is 13.0 Å². The largest absolute Gasteiger partial charge is 0.491 e. The Kier molecular flexibility index (Phi) is 5.35. The van der Waals surface area contributed by atoms with E-state index in [2.05, 4.69) is 34.2 Å². The number of benzene rings is 3. The number of imidazole rings is 1. The number of fused-ring (bicyclic) bond motifs is 2. The molecule has 0 radical (unpaired) electrons. The van der Waals surface area contributed by atoms with Gasteiger partial charge in [-0.1, -0.05) is 30.7 Å². The number of aromatic nitrogens is 2. The van der Waals surface area contributed by atoms with Gasteiger partial charge in [-0.25, -0.2) is 4.98 Å². The van der Waals surface area contributed by atoms with E-state index < -0.39 is 0 Å². The van der Waals surface area contributed by atoms with Crippen molar-refractivity contribution in [3.05, 3.63) is 82.1 Å². The molecule has 0 unspecified atom stereocenters. The molecule has 0 spiro atoms. The number of nitrogens with one attached hydrogen (secondary N) is 1. The fourth-order valence-corrected chi connectivity index (χ4v) is 4.49. The van der Waals surface area contributed by atoms with Crippen molar-refractivity contribution in [3.8, 4) is 16.9 Å². The summed E-state index contributed by atoms with van der Waals surface area (Å²) in [7, 11) is 0. The van der Waals surface area contributed by atoms with Crippen LogP contribution < -0.4 is 4.74 Å². The Morgan fingerprint density at radius 1 is 1.12 bits per heavy atom. The molecule has 1 N–H and O–H groups in total. The lowest BCUT2D eigenvalue weighted by Crippen LogP contribution is -2.33. The van der Waals surface area contributed by atoms with Gasteiger partial charge < -0.3 is 14.6 Å². The predicted molar refractivity (Wildman–Crippen MR) is 127 cm³/mol. The van der Waals surface area contributed by atoms with Crippen LogP contribution in [-0.4, -0.2) is 33.9 Å². The second-order valence-corrected chi connectivity index (χ2v) is 8.54. The SMILES string of the molecule is CCc1cc(Cl)ccc1C(=O)N1CCOc2ccc(-c3ccc4nc(C)[nH]c4c3)cc2C1. The molecule has 0 aliphatic carbocycles. The van der Waals surface area contributed by atoms with Gasteiger partial charge in [0.1, 0.15) is 18.2 Å². The standard InChI is InChI=1S/C26H24ClN3O2/c1-3-17-13-21(27)6-7-22(17)26(31)30-10-11-32-25-9-5-18(12-20(25)15-30)19-4-8-23-24(14-19)29-16(2)28-23/h4-9,12-14H,3,10-11,15H2,1-2H3,(H,28,29). The minimum absolute atomic E-state index is 0.00900. The summed E-state index contributed by atoms with van der Waals surface area (Å²) in [4.78, 5) is 23.0. The maximum atomic E-state index is 13.4. The zero-order valence-corrected chi connectivity index (χ0v) is 18.9. The van der Waals surface area contributed by atoms with Gasteiger partial charge in [0.15, 0.2) is 0 Å². The monoisotopic (exact) mass is 445 g/mol. The Hall–Kier alpha value is -3.31. The van der Waals surface area contributed by atoms with Gasteiger partial charge in [0, 0.05) is 22.7 Å². The van der Waals surface area contributed by atoms with Gasteiger partial charge in [-0.05, 0) is 72.5 Å². The van der Waals surface area contributed by atoms with Crippen LogP contribution in [0.25, 0.3) is 22.2 Å². The third-order valence-electron chi connectivity index (χ3n) is 5.94. The summed E-state index contributed by atoms with van der Waals surface area (Å²) in [6.07, 6.45) is 0.752. The van der Waals surface area contributed by atoms with Crippen molar-refractivity contribution in [2.24, 2.45) is 0 Å². The lowest BCUT2D eigenvalue weighted by molar-refractivity contribution is 0.0732. The van der Waals surface area contributed by atoms with Crippen molar-refractivity contribution in [1.29, 1.82) is 0 Å². The molecule has 3 aromatic carbocycles. The summed E-state index contributed by atoms with van der Waals surface area (Å²) in [6.45, 7) is 5.49. The number of carbonyl (C=O) groups excluding carboxylic acids is 1. The average molecular weight is 446 g/mol. The Morgan fingerprint density at radius 3 is 2.78 bits per heavy atom. The Bertz CT molecular complexity index is 1330. The molecule has 32 heavy (non-hydrogen) atoms. The van der Waals surface area contributed by atoms with Crippen molar-refractivity contribution in [1.82, 2.24) is 14.9 Å². The highest BCUT2D eigenvalue weighted by Crippen LogP contribution is 2.31. The molecule has 5 rings (SSSR count). The van der Waals surface area contributed by atoms with E-state index in [4.69, 9.17) is 16.3 Å². The molecule has 0 atom stereocenters. The molecule has 0 fully saturated rings. The molecule has 1 aliphatic rings. The summed E-state index contributed by atoms with van der Waals surface area (Å²) in [5, 5.41) is 0.650. The highest BCUT2D eigenvalue weighted by molar-refractivity contribution is 6.30. The molecule has 0 saturated carbocycles. The number of amides is 1. The number of carbonyl (C=O) groups is 1. The zero-order valence-electron chi connectivity index (χ0n) is 18.1. The number of nitrogens with zero attached hydrogens (tertiary/aromatic N) is 2. The summed E-state index contributed by atoms with van der Waals surface area (Å²) in [5.41, 5.74) is 6.81. The number of H-pyrrole nitrogens is 1. The molecule has 5 nitrogen and oxygen atoms in total. The molecular weight excluding hydrogens is 422 g/mol. The minimum atomic E-state index is 0.00900. The topological polar surface area (TPSA) is 58.2 Å². The number of aryl methyl sites for hydroxylation is 2. The van der Waals surface area contributed by atoms with Gasteiger partial charge in [0.25, 0.3) is 5.91 Å². The maximum absolute atomic E-state index is 13.4. The summed E-state index contributed by atoms with van der Waals surface area (Å²) >= 11 is 6.14. The molecular formula is C26H24ClN3O2. The van der Waals surface area contributed by atoms with Crippen LogP contribution >= 0.6 is 11.6 Å². The van der Waals surface area contributed by atoms with Crippen LogP contribution in [0.15, 0.2) is 54.6 Å². The third-order valence-corrected chi connectivity index (χ3v) is 6.17. The van der Waals surface area contributed by atoms with Crippen LogP contribution in [0.1, 0.15) is 34.2 Å². The van der Waals surface area contributed by atoms with Crippen LogP contribution in [0.4, 0.5) is 0 Å². The normalized spacial score (nSPS) is 13.5. The number of hydrogen-bond acceptors (Lipinski definition) is 3. The molecule has 0 saturated heterocycles. The minimum Gasteiger partial charge on any atom is -0.491 e. The number of ether oxygens (including phenoxy) is 1. The molecule has 1 aliphatic heterocycles. The lowest BCUT2D eigenvalue weighted by atomic mass is 10.0. The highest BCUT2D eigenvalue weighted by Gasteiger charge is 2.23. The van der Waals surface area contributed by atoms with Gasteiger partial charge >= 0.3 is 0 Å². The van der Waals surface area contributed by atoms with E-state index in [1.54, 1.807) is 6.07 Å². The summed E-state index contributed by atoms with van der Waals surface area (Å²) in [5.74, 6) is 1.74. The molecule has 4 aromatic rings. The first-order chi connectivity index (χ1) is 15.5. The van der Waals surface area contributed by atoms with E-state index in [1.807, 2.05) is 43.0 Å². The van der Waals surface area contributed by atoms with Crippen molar-refractivity contribution >= 4 is 28.5 Å². The number of aromatic amines is 1. The van der Waals surface area contributed by atoms with Crippen LogP contribution in [0.5, 0.6) is 5.75 Å². The number of rotatable bonds is 3. The Morgan fingerprint density at radius 2 is 1.94 bits per heavy atom. The fraction of sp³-hybridized carbons (Fsp3) is 0.231. The van der Waals surface area contributed by atoms with E-state index in [0.717, 1.165) is 51.3 Å². The quantitative estimate of drug-likeness (QED) is 0.434. The Labute approximate surface area is 192 Å². The first kappa shape index (κ1) is 20.6. The second kappa shape index (κ2) is 8.32. The van der Waals surface area contributed by atoms with Gasteiger partial charge in [-0.2, -0.15) is 0 Å². The first-order valence-electron chi connectivity index (χ1n) is 10.8. The van der Waals surface area contributed by atoms with Crippen molar-refractivity contribution in [2.75, 3.05) is 13.2 Å². The molecule has 162 valence electrons. The van der Waals surface area contributed by atoms with Gasteiger partial charge in [-0.3, -0.25) is 4.79 Å². The first-order valence-corrected chi connectivity index (χ1v) is 11.2. The van der Waals surface area contributed by atoms with Crippen LogP contribution in [0.2, 0.25) is 5.02 Å². The zero-order chi connectivity index (χ0) is 22.2. The van der Waals surface area contributed by atoms with E-state index >= 15 is 0 Å². The van der Waals surface area contributed by atoms with Crippen molar-refractivity contribution in [2.45, 2.75) is 26.8 Å². The van der Waals surface area contributed by atoms with E-state index in [1.165, 1.54) is 0 Å². The van der Waals surface area contributed by atoms with Crippen LogP contribution in [0, 0.1) is 6.92 Å². The molecule has 1 aromatic heterocycles. The Balaban J connectivity index is 1.47. The van der Waals surface area contributed by atoms with E-state index in [9.17, 15) is 4.79 Å². The van der Waals surface area contributed by atoms with E-state index in [-0.39, 0.29) is 5.91 Å². The number of halogens is 1. The van der Waals surface area contributed by atoms with Crippen molar-refractivity contribution < 1.29 is 9.53 Å². The summed E-state index contributed by atoms with van der Waals surface area (Å²) in [6, 6.07) is 17.9. The van der Waals surface area contributed by atoms with Gasteiger partial charge in [0.05, 0.1) is 17.6 Å². The van der Waals surface area contributed by atoms with Crippen LogP contribution in [0.3, 0.4) is 0 Å². The average Bonchev–Trinajstić information content (AvgIpc) is 3.04. The van der Waals surface area contributed by atoms with Gasteiger partial charge in [-0.15, -0.1) is 0 Å². The number of hydrogen-bond donors (Lipinski definition) is 1. The molecule has 6 heteroatoms. The highest BCUT2D eigenvalue weighted by atomic mass is 35.5. The van der Waals surface area contributed by atoms with Gasteiger partial charge in [0.2, 0.25) is 0 Å². The van der Waals surface area contributed by atoms with Crippen molar-refractivity contribution in [3.63, 3.8) is 0 Å². The van der Waals surface area contributed by atoms with E-state index in [0.29, 0.717) is 30.3 Å². The second-order valence-electron chi connectivity index (χ2n) is 8.11.